The van der Waals surface area contributed by atoms with Crippen molar-refractivity contribution in [3.63, 3.8) is 0 Å². The van der Waals surface area contributed by atoms with Crippen LogP contribution in [0.3, 0.4) is 0 Å². The van der Waals surface area contributed by atoms with Crippen LogP contribution < -0.4 is 14.8 Å². The number of unbranched alkanes of at least 4 members (excludes halogenated alkanes) is 4. The van der Waals surface area contributed by atoms with Crippen molar-refractivity contribution in [3.8, 4) is 11.5 Å². The Morgan fingerprint density at radius 1 is 1.08 bits per heavy atom. The van der Waals surface area contributed by atoms with Gasteiger partial charge in [0.25, 0.3) is 0 Å². The van der Waals surface area contributed by atoms with Crippen molar-refractivity contribution in [3.05, 3.63) is 70.7 Å². The highest BCUT2D eigenvalue weighted by Crippen LogP contribution is 2.38. The molecule has 37 heavy (non-hydrogen) atoms. The second kappa shape index (κ2) is 18.6. The van der Waals surface area contributed by atoms with E-state index >= 15 is 0 Å². The Morgan fingerprint density at radius 3 is 2.51 bits per heavy atom. The van der Waals surface area contributed by atoms with Crippen LogP contribution in [0.25, 0.3) is 0 Å². The van der Waals surface area contributed by atoms with Gasteiger partial charge in [-0.15, -0.1) is 24.8 Å². The standard InChI is InChI=1S/C24H31ClFNO2.C5H8O.2ClH/c1-3-4-5-6-7-8-19-14-23(20-11-10-18(28-2)15-24(20)29-19)27-16-17-9-12-22(26)21(25)13-17;1-2-4-6-5-3-1;;/h9-13,15,19,23,27H,3-8,14,16H2,1-2H3;2,4H,1,3,5H2;2*1H/t19-,23+;;;/m0.../s1. The summed E-state index contributed by atoms with van der Waals surface area (Å²) in [5.41, 5.74) is 2.11. The van der Waals surface area contributed by atoms with Crippen LogP contribution in [0, 0.1) is 5.82 Å². The molecule has 4 nitrogen and oxygen atoms in total. The first-order valence-corrected chi connectivity index (χ1v) is 13.3. The minimum atomic E-state index is -0.387. The molecular formula is C29H41Cl3FNO3. The number of allylic oxidation sites excluding steroid dienone is 1. The number of fused-ring (bicyclic) bond motifs is 1. The van der Waals surface area contributed by atoms with Gasteiger partial charge in [-0.1, -0.05) is 56.3 Å². The summed E-state index contributed by atoms with van der Waals surface area (Å²) in [6.07, 6.45) is 14.6. The third-order valence-corrected chi connectivity index (χ3v) is 6.67. The zero-order chi connectivity index (χ0) is 24.9. The molecule has 0 fully saturated rings. The van der Waals surface area contributed by atoms with Crippen molar-refractivity contribution >= 4 is 36.4 Å². The summed E-state index contributed by atoms with van der Waals surface area (Å²) in [7, 11) is 1.67. The Bertz CT molecular complexity index is 937. The predicted molar refractivity (Wildman–Crippen MR) is 155 cm³/mol. The van der Waals surface area contributed by atoms with Gasteiger partial charge in [0, 0.05) is 30.6 Å². The van der Waals surface area contributed by atoms with E-state index in [4.69, 9.17) is 25.8 Å². The highest BCUT2D eigenvalue weighted by molar-refractivity contribution is 6.30. The van der Waals surface area contributed by atoms with Crippen molar-refractivity contribution in [1.29, 1.82) is 0 Å². The maximum atomic E-state index is 13.4. The average molecular weight is 577 g/mol. The summed E-state index contributed by atoms with van der Waals surface area (Å²) in [5.74, 6) is 1.31. The van der Waals surface area contributed by atoms with Gasteiger partial charge in [0.15, 0.2) is 0 Å². The average Bonchev–Trinajstić information content (AvgIpc) is 2.90. The monoisotopic (exact) mass is 575 g/mol. The number of ether oxygens (including phenoxy) is 3. The van der Waals surface area contributed by atoms with E-state index in [-0.39, 0.29) is 47.8 Å². The summed E-state index contributed by atoms with van der Waals surface area (Å²) in [6.45, 7) is 3.77. The summed E-state index contributed by atoms with van der Waals surface area (Å²) >= 11 is 5.93. The van der Waals surface area contributed by atoms with Gasteiger partial charge in [-0.25, -0.2) is 4.39 Å². The number of benzene rings is 2. The number of halogens is 4. The van der Waals surface area contributed by atoms with Gasteiger partial charge in [-0.2, -0.15) is 0 Å². The van der Waals surface area contributed by atoms with Gasteiger partial charge in [-0.3, -0.25) is 0 Å². The van der Waals surface area contributed by atoms with Crippen LogP contribution >= 0.6 is 36.4 Å². The molecule has 0 saturated heterocycles. The molecule has 2 aliphatic heterocycles. The first-order valence-electron chi connectivity index (χ1n) is 12.9. The van der Waals surface area contributed by atoms with Crippen molar-refractivity contribution in [1.82, 2.24) is 5.32 Å². The molecule has 0 unspecified atom stereocenters. The zero-order valence-electron chi connectivity index (χ0n) is 21.8. The van der Waals surface area contributed by atoms with Crippen LogP contribution in [0.1, 0.15) is 81.9 Å². The van der Waals surface area contributed by atoms with Gasteiger partial charge in [0.2, 0.25) is 0 Å². The second-order valence-corrected chi connectivity index (χ2v) is 9.56. The van der Waals surface area contributed by atoms with Gasteiger partial charge in [-0.05, 0) is 55.5 Å². The molecule has 2 heterocycles. The molecule has 0 saturated carbocycles. The van der Waals surface area contributed by atoms with E-state index in [9.17, 15) is 4.39 Å². The first kappa shape index (κ1) is 33.4. The molecule has 0 aromatic heterocycles. The summed E-state index contributed by atoms with van der Waals surface area (Å²) in [4.78, 5) is 0. The molecule has 1 N–H and O–H groups in total. The quantitative estimate of drug-likeness (QED) is 0.287. The van der Waals surface area contributed by atoms with E-state index in [1.807, 2.05) is 18.2 Å². The first-order chi connectivity index (χ1) is 17.1. The van der Waals surface area contributed by atoms with Crippen LogP contribution in [0.4, 0.5) is 4.39 Å². The Kier molecular flexibility index (Phi) is 16.7. The molecule has 0 radical (unpaired) electrons. The molecule has 2 aromatic carbocycles. The van der Waals surface area contributed by atoms with Crippen molar-refractivity contribution in [2.75, 3.05) is 13.7 Å². The lowest BCUT2D eigenvalue weighted by Crippen LogP contribution is -2.32. The number of nitrogens with one attached hydrogen (secondary N) is 1. The van der Waals surface area contributed by atoms with Crippen LogP contribution in [-0.2, 0) is 11.3 Å². The predicted octanol–water partition coefficient (Wildman–Crippen LogP) is 8.98. The molecule has 0 bridgehead atoms. The molecule has 2 atom stereocenters. The van der Waals surface area contributed by atoms with E-state index in [0.29, 0.717) is 6.54 Å². The number of hydrogen-bond acceptors (Lipinski definition) is 4. The fourth-order valence-electron chi connectivity index (χ4n) is 4.37. The number of hydrogen-bond donors (Lipinski definition) is 1. The lowest BCUT2D eigenvalue weighted by Gasteiger charge is -2.33. The SMILES string of the molecule is C1=COCCC1.CCCCCCC[C@H]1C[C@@H](NCc2ccc(F)c(Cl)c2)c2ccc(OC)cc2O1.Cl.Cl. The molecular weight excluding hydrogens is 536 g/mol. The molecule has 0 aliphatic carbocycles. The lowest BCUT2D eigenvalue weighted by molar-refractivity contribution is 0.137. The van der Waals surface area contributed by atoms with Gasteiger partial charge in [0.05, 0.1) is 25.0 Å². The van der Waals surface area contributed by atoms with Crippen LogP contribution in [0.5, 0.6) is 11.5 Å². The Labute approximate surface area is 239 Å². The molecule has 8 heteroatoms. The zero-order valence-corrected chi connectivity index (χ0v) is 24.2. The van der Waals surface area contributed by atoms with E-state index in [0.717, 1.165) is 42.1 Å². The summed E-state index contributed by atoms with van der Waals surface area (Å²) in [5, 5.41) is 3.78. The fourth-order valence-corrected chi connectivity index (χ4v) is 4.58. The van der Waals surface area contributed by atoms with E-state index in [1.165, 1.54) is 51.0 Å². The van der Waals surface area contributed by atoms with Crippen molar-refractivity contribution in [2.24, 2.45) is 0 Å². The van der Waals surface area contributed by atoms with Crippen molar-refractivity contribution < 1.29 is 18.6 Å². The van der Waals surface area contributed by atoms with Gasteiger partial charge < -0.3 is 19.5 Å². The maximum absolute atomic E-state index is 13.4. The third-order valence-electron chi connectivity index (χ3n) is 6.38. The minimum absolute atomic E-state index is 0. The third kappa shape index (κ3) is 11.3. The number of methoxy groups -OCH3 is 1. The Hall–Kier alpha value is -1.66. The molecule has 208 valence electrons. The van der Waals surface area contributed by atoms with Crippen molar-refractivity contribution in [2.45, 2.75) is 83.4 Å². The van der Waals surface area contributed by atoms with E-state index in [2.05, 4.69) is 18.3 Å². The number of rotatable bonds is 10. The summed E-state index contributed by atoms with van der Waals surface area (Å²) < 4.78 is 30.0. The topological polar surface area (TPSA) is 39.7 Å². The molecule has 4 rings (SSSR count). The van der Waals surface area contributed by atoms with Crippen LogP contribution in [0.15, 0.2) is 48.7 Å². The highest BCUT2D eigenvalue weighted by atomic mass is 35.5. The molecule has 2 aromatic rings. The lowest BCUT2D eigenvalue weighted by atomic mass is 9.93. The molecule has 0 spiro atoms. The normalized spacial score (nSPS) is 17.5. The molecule has 0 amide bonds. The Balaban J connectivity index is 0.000000753. The van der Waals surface area contributed by atoms with E-state index in [1.54, 1.807) is 25.5 Å². The van der Waals surface area contributed by atoms with Crippen LogP contribution in [-0.4, -0.2) is 19.8 Å². The summed E-state index contributed by atoms with van der Waals surface area (Å²) in [6, 6.07) is 11.1. The van der Waals surface area contributed by atoms with Gasteiger partial charge in [0.1, 0.15) is 23.4 Å². The highest BCUT2D eigenvalue weighted by Gasteiger charge is 2.28. The fraction of sp³-hybridized carbons (Fsp3) is 0.517. The molecule has 2 aliphatic rings. The van der Waals surface area contributed by atoms with Gasteiger partial charge >= 0.3 is 0 Å². The second-order valence-electron chi connectivity index (χ2n) is 9.15. The maximum Gasteiger partial charge on any atom is 0.141 e. The largest absolute Gasteiger partial charge is 0.502 e. The minimum Gasteiger partial charge on any atom is -0.502 e. The Morgan fingerprint density at radius 2 is 1.89 bits per heavy atom. The van der Waals surface area contributed by atoms with E-state index < -0.39 is 0 Å². The van der Waals surface area contributed by atoms with Crippen LogP contribution in [0.2, 0.25) is 5.02 Å². The smallest absolute Gasteiger partial charge is 0.141 e.